The van der Waals surface area contributed by atoms with Crippen molar-refractivity contribution in [1.29, 1.82) is 0 Å². The monoisotopic (exact) mass is 414 g/mol. The minimum Gasteiger partial charge on any atom is -0.435 e. The normalized spacial score (nSPS) is 15.6. The highest BCUT2D eigenvalue weighted by Crippen LogP contribution is 2.29. The van der Waals surface area contributed by atoms with Gasteiger partial charge < -0.3 is 15.1 Å². The van der Waals surface area contributed by atoms with Crippen LogP contribution in [0.5, 0.6) is 0 Å². The van der Waals surface area contributed by atoms with Crippen molar-refractivity contribution in [3.8, 4) is 22.9 Å². The Morgan fingerprint density at radius 3 is 2.48 bits per heavy atom. The first kappa shape index (κ1) is 19.3. The van der Waals surface area contributed by atoms with Crippen molar-refractivity contribution in [3.63, 3.8) is 0 Å². The van der Waals surface area contributed by atoms with E-state index in [0.29, 0.717) is 49.3 Å². The third-order valence-electron chi connectivity index (χ3n) is 4.88. The molecule has 2 aromatic heterocycles. The molecule has 1 fully saturated rings. The van der Waals surface area contributed by atoms with E-state index in [1.54, 1.807) is 19.3 Å². The molecule has 0 saturated carbocycles. The van der Waals surface area contributed by atoms with Crippen molar-refractivity contribution >= 4 is 21.7 Å². The van der Waals surface area contributed by atoms with Gasteiger partial charge >= 0.3 is 0 Å². The molecule has 3 heterocycles. The van der Waals surface area contributed by atoms with Gasteiger partial charge in [0.15, 0.2) is 17.3 Å². The fourth-order valence-electron chi connectivity index (χ4n) is 3.20. The summed E-state index contributed by atoms with van der Waals surface area (Å²) in [4.78, 5) is 15.1. The lowest BCUT2D eigenvalue weighted by molar-refractivity contribution is 0.384. The van der Waals surface area contributed by atoms with Crippen LogP contribution in [0.2, 0.25) is 0 Å². The molecule has 3 aromatic rings. The van der Waals surface area contributed by atoms with Gasteiger partial charge in [-0.25, -0.2) is 23.4 Å². The van der Waals surface area contributed by atoms with Gasteiger partial charge in [0.25, 0.3) is 0 Å². The summed E-state index contributed by atoms with van der Waals surface area (Å²) in [6, 6.07) is 9.63. The molecule has 0 amide bonds. The Morgan fingerprint density at radius 2 is 1.79 bits per heavy atom. The summed E-state index contributed by atoms with van der Waals surface area (Å²) in [5.74, 6) is 1.85. The first-order chi connectivity index (χ1) is 14.0. The zero-order valence-corrected chi connectivity index (χ0v) is 16.8. The van der Waals surface area contributed by atoms with Crippen LogP contribution < -0.4 is 10.6 Å². The summed E-state index contributed by atoms with van der Waals surface area (Å²) in [5, 5.41) is 0. The number of aromatic nitrogens is 3. The zero-order valence-electron chi connectivity index (χ0n) is 16.0. The molecule has 2 N–H and O–H groups in total. The molecule has 9 nitrogen and oxygen atoms in total. The largest absolute Gasteiger partial charge is 0.435 e. The molecule has 29 heavy (non-hydrogen) atoms. The van der Waals surface area contributed by atoms with Crippen molar-refractivity contribution in [3.05, 3.63) is 42.7 Å². The second-order valence-electron chi connectivity index (χ2n) is 6.64. The van der Waals surface area contributed by atoms with Gasteiger partial charge in [0.1, 0.15) is 5.82 Å². The van der Waals surface area contributed by atoms with Crippen LogP contribution >= 0.6 is 0 Å². The quantitative estimate of drug-likeness (QED) is 0.672. The van der Waals surface area contributed by atoms with E-state index in [1.165, 1.54) is 4.31 Å². The lowest BCUT2D eigenvalue weighted by atomic mass is 10.2. The lowest BCUT2D eigenvalue weighted by Gasteiger charge is -2.34. The predicted molar refractivity (Wildman–Crippen MR) is 111 cm³/mol. The topological polar surface area (TPSA) is 118 Å². The van der Waals surface area contributed by atoms with Gasteiger partial charge in [0.05, 0.1) is 18.1 Å². The molecular weight excluding hydrogens is 392 g/mol. The third-order valence-corrected chi connectivity index (χ3v) is 6.76. The van der Waals surface area contributed by atoms with Crippen LogP contribution in [0.15, 0.2) is 47.1 Å². The van der Waals surface area contributed by atoms with Crippen LogP contribution in [-0.2, 0) is 10.0 Å². The minimum absolute atomic E-state index is 0.104. The Hall–Kier alpha value is -2.98. The average Bonchev–Trinajstić information content (AvgIpc) is 3.25. The third kappa shape index (κ3) is 3.94. The van der Waals surface area contributed by atoms with E-state index in [9.17, 15) is 8.42 Å². The second kappa shape index (κ2) is 7.80. The second-order valence-corrected chi connectivity index (χ2v) is 8.90. The van der Waals surface area contributed by atoms with Crippen LogP contribution in [0.3, 0.4) is 0 Å². The van der Waals surface area contributed by atoms with E-state index in [4.69, 9.17) is 10.2 Å². The Bertz CT molecular complexity index is 1090. The van der Waals surface area contributed by atoms with Gasteiger partial charge in [0.2, 0.25) is 15.9 Å². The highest BCUT2D eigenvalue weighted by Gasteiger charge is 2.27. The SMILES string of the molecule is CCS(=O)(=O)N1CCN(c2cnc(N)c(-c3ncc(-c4ccccc4)o3)n2)CC1. The maximum atomic E-state index is 12.0. The summed E-state index contributed by atoms with van der Waals surface area (Å²) >= 11 is 0. The van der Waals surface area contributed by atoms with Crippen LogP contribution in [0.25, 0.3) is 22.9 Å². The number of nitrogens with zero attached hydrogens (tertiary/aromatic N) is 5. The Labute approximate surface area is 169 Å². The molecule has 152 valence electrons. The van der Waals surface area contributed by atoms with E-state index in [-0.39, 0.29) is 11.6 Å². The highest BCUT2D eigenvalue weighted by atomic mass is 32.2. The molecule has 1 aliphatic rings. The smallest absolute Gasteiger partial charge is 0.249 e. The molecule has 0 radical (unpaired) electrons. The Kier molecular flexibility index (Phi) is 5.20. The zero-order chi connectivity index (χ0) is 20.4. The predicted octanol–water partition coefficient (Wildman–Crippen LogP) is 1.85. The van der Waals surface area contributed by atoms with Gasteiger partial charge in [-0.1, -0.05) is 30.3 Å². The van der Waals surface area contributed by atoms with Crippen LogP contribution in [0.4, 0.5) is 11.6 Å². The molecule has 0 bridgehead atoms. The van der Waals surface area contributed by atoms with E-state index in [2.05, 4.69) is 15.0 Å². The number of nitrogens with two attached hydrogens (primary N) is 1. The number of nitrogen functional groups attached to an aromatic ring is 1. The van der Waals surface area contributed by atoms with Gasteiger partial charge in [-0.3, -0.25) is 0 Å². The van der Waals surface area contributed by atoms with Crippen molar-refractivity contribution in [1.82, 2.24) is 19.3 Å². The summed E-state index contributed by atoms with van der Waals surface area (Å²) in [7, 11) is -3.18. The summed E-state index contributed by atoms with van der Waals surface area (Å²) in [6.45, 7) is 3.53. The van der Waals surface area contributed by atoms with Gasteiger partial charge in [0, 0.05) is 31.7 Å². The number of rotatable bonds is 5. The molecule has 0 spiro atoms. The number of piperazine rings is 1. The van der Waals surface area contributed by atoms with Crippen molar-refractivity contribution in [2.24, 2.45) is 0 Å². The Balaban J connectivity index is 1.56. The molecule has 0 unspecified atom stereocenters. The summed E-state index contributed by atoms with van der Waals surface area (Å²) in [6.07, 6.45) is 3.22. The number of anilines is 2. The number of oxazole rings is 1. The number of benzene rings is 1. The van der Waals surface area contributed by atoms with Crippen LogP contribution in [0, 0.1) is 0 Å². The van der Waals surface area contributed by atoms with Crippen LogP contribution in [0.1, 0.15) is 6.92 Å². The maximum Gasteiger partial charge on any atom is 0.249 e. The summed E-state index contributed by atoms with van der Waals surface area (Å²) < 4.78 is 31.5. The fourth-order valence-corrected chi connectivity index (χ4v) is 4.28. The molecule has 10 heteroatoms. The van der Waals surface area contributed by atoms with E-state index in [1.807, 2.05) is 35.2 Å². The van der Waals surface area contributed by atoms with E-state index in [0.717, 1.165) is 5.56 Å². The minimum atomic E-state index is -3.18. The number of hydrogen-bond donors (Lipinski definition) is 1. The van der Waals surface area contributed by atoms with E-state index < -0.39 is 10.0 Å². The molecule has 1 saturated heterocycles. The standard InChI is InChI=1S/C19H22N6O3S/c1-2-29(26,27)25-10-8-24(9-11-25)16-13-21-18(20)17(23-16)19-22-12-15(28-19)14-6-4-3-5-7-14/h3-7,12-13H,2,8-11H2,1H3,(H2,20,21). The fraction of sp³-hybridized carbons (Fsp3) is 0.316. The summed E-state index contributed by atoms with van der Waals surface area (Å²) in [5.41, 5.74) is 7.29. The van der Waals surface area contributed by atoms with Crippen molar-refractivity contribution in [2.45, 2.75) is 6.92 Å². The molecular formula is C19H22N6O3S. The molecule has 0 atom stereocenters. The Morgan fingerprint density at radius 1 is 1.07 bits per heavy atom. The number of sulfonamides is 1. The molecule has 1 aromatic carbocycles. The molecule has 0 aliphatic carbocycles. The first-order valence-electron chi connectivity index (χ1n) is 9.35. The van der Waals surface area contributed by atoms with Crippen LogP contribution in [-0.4, -0.2) is 59.6 Å². The first-order valence-corrected chi connectivity index (χ1v) is 11.0. The van der Waals surface area contributed by atoms with Crippen molar-refractivity contribution < 1.29 is 12.8 Å². The lowest BCUT2D eigenvalue weighted by Crippen LogP contribution is -2.49. The van der Waals surface area contributed by atoms with Gasteiger partial charge in [-0.05, 0) is 6.92 Å². The van der Waals surface area contributed by atoms with Gasteiger partial charge in [-0.15, -0.1) is 0 Å². The van der Waals surface area contributed by atoms with E-state index >= 15 is 0 Å². The molecule has 1 aliphatic heterocycles. The maximum absolute atomic E-state index is 12.0. The van der Waals surface area contributed by atoms with Crippen molar-refractivity contribution in [2.75, 3.05) is 42.6 Å². The van der Waals surface area contributed by atoms with Gasteiger partial charge in [-0.2, -0.15) is 4.31 Å². The molecule has 4 rings (SSSR count). The average molecular weight is 414 g/mol. The highest BCUT2D eigenvalue weighted by molar-refractivity contribution is 7.89. The number of hydrogen-bond acceptors (Lipinski definition) is 8.